The molecule has 1 aromatic heterocycles. The van der Waals surface area contributed by atoms with Crippen LogP contribution in [0.5, 0.6) is 0 Å². The van der Waals surface area contributed by atoms with Crippen molar-refractivity contribution in [3.05, 3.63) is 174 Å². The molecule has 0 amide bonds. The van der Waals surface area contributed by atoms with Gasteiger partial charge in [0.25, 0.3) is 0 Å². The molecule has 12 rings (SSSR count). The highest BCUT2D eigenvalue weighted by molar-refractivity contribution is 6.09. The second-order valence-electron chi connectivity index (χ2n) is 18.7. The summed E-state index contributed by atoms with van der Waals surface area (Å²) in [5, 5.41) is 2.31. The summed E-state index contributed by atoms with van der Waals surface area (Å²) in [7, 11) is 0. The van der Waals surface area contributed by atoms with E-state index in [-0.39, 0.29) is 10.8 Å². The van der Waals surface area contributed by atoms with E-state index in [1.807, 2.05) is 0 Å². The molecule has 4 aliphatic rings. The van der Waals surface area contributed by atoms with Crippen molar-refractivity contribution < 1.29 is 4.42 Å². The molecular formula is C56H49NO. The molecule has 2 nitrogen and oxygen atoms in total. The first kappa shape index (κ1) is 34.2. The van der Waals surface area contributed by atoms with Gasteiger partial charge in [-0.25, -0.2) is 0 Å². The highest BCUT2D eigenvalue weighted by Gasteiger charge is 2.57. The summed E-state index contributed by atoms with van der Waals surface area (Å²) in [6.45, 7) is 9.87. The van der Waals surface area contributed by atoms with Crippen LogP contribution < -0.4 is 4.90 Å². The van der Waals surface area contributed by atoms with E-state index < -0.39 is 0 Å². The molecule has 58 heavy (non-hydrogen) atoms. The van der Waals surface area contributed by atoms with Crippen LogP contribution in [0, 0.1) is 23.7 Å². The maximum Gasteiger partial charge on any atom is 0.143 e. The number of nitrogens with zero attached hydrogens (tertiary/aromatic N) is 1. The van der Waals surface area contributed by atoms with E-state index in [0.29, 0.717) is 11.8 Å². The topological polar surface area (TPSA) is 16.4 Å². The van der Waals surface area contributed by atoms with Crippen LogP contribution in [0.2, 0.25) is 0 Å². The van der Waals surface area contributed by atoms with Crippen LogP contribution in [0.1, 0.15) is 75.6 Å². The lowest BCUT2D eigenvalue weighted by Crippen LogP contribution is -2.49. The molecule has 8 aromatic rings. The van der Waals surface area contributed by atoms with E-state index in [0.717, 1.165) is 50.6 Å². The molecule has 5 atom stereocenters. The lowest BCUT2D eigenvalue weighted by molar-refractivity contribution is 0.0426. The van der Waals surface area contributed by atoms with Crippen LogP contribution in [-0.4, -0.2) is 0 Å². The Morgan fingerprint density at radius 1 is 0.534 bits per heavy atom. The molecule has 2 saturated carbocycles. The number of rotatable bonds is 4. The molecule has 2 fully saturated rings. The quantitative estimate of drug-likeness (QED) is 0.178. The van der Waals surface area contributed by atoms with Crippen molar-refractivity contribution in [3.8, 4) is 33.4 Å². The zero-order valence-electron chi connectivity index (χ0n) is 33.9. The third-order valence-corrected chi connectivity index (χ3v) is 15.2. The van der Waals surface area contributed by atoms with Crippen LogP contribution in [0.25, 0.3) is 55.3 Å². The predicted molar refractivity (Wildman–Crippen MR) is 241 cm³/mol. The number of para-hydroxylation sites is 2. The minimum absolute atomic E-state index is 0.0130. The Morgan fingerprint density at radius 2 is 1.22 bits per heavy atom. The minimum atomic E-state index is -0.118. The summed E-state index contributed by atoms with van der Waals surface area (Å²) < 4.78 is 6.61. The highest BCUT2D eigenvalue weighted by Crippen LogP contribution is 2.66. The molecule has 0 saturated heterocycles. The molecule has 7 aromatic carbocycles. The number of furan rings is 1. The zero-order chi connectivity index (χ0) is 38.9. The number of hydrogen-bond donors (Lipinski definition) is 0. The number of anilines is 3. The van der Waals surface area contributed by atoms with Crippen molar-refractivity contribution in [1.82, 2.24) is 0 Å². The van der Waals surface area contributed by atoms with E-state index in [2.05, 4.69) is 184 Å². The normalized spacial score (nSPS) is 23.4. The lowest BCUT2D eigenvalue weighted by Gasteiger charge is -2.54. The van der Waals surface area contributed by atoms with Crippen LogP contribution in [0.4, 0.5) is 17.1 Å². The summed E-state index contributed by atoms with van der Waals surface area (Å²) in [6.07, 6.45) is 5.33. The summed E-state index contributed by atoms with van der Waals surface area (Å²) in [6, 6.07) is 57.1. The summed E-state index contributed by atoms with van der Waals surface area (Å²) >= 11 is 0. The number of benzene rings is 7. The highest BCUT2D eigenvalue weighted by atomic mass is 16.3. The first-order chi connectivity index (χ1) is 28.3. The first-order valence-corrected chi connectivity index (χ1v) is 21.6. The van der Waals surface area contributed by atoms with Crippen LogP contribution in [0.3, 0.4) is 0 Å². The molecule has 2 heteroatoms. The molecule has 284 valence electrons. The third kappa shape index (κ3) is 4.61. The summed E-state index contributed by atoms with van der Waals surface area (Å²) in [5.41, 5.74) is 19.0. The van der Waals surface area contributed by atoms with Gasteiger partial charge in [0, 0.05) is 44.1 Å². The Labute approximate surface area is 342 Å². The van der Waals surface area contributed by atoms with Gasteiger partial charge >= 0.3 is 0 Å². The van der Waals surface area contributed by atoms with Crippen LogP contribution in [0.15, 0.2) is 156 Å². The molecule has 0 aliphatic heterocycles. The van der Waals surface area contributed by atoms with E-state index in [1.165, 1.54) is 70.4 Å². The molecule has 1 heterocycles. The average Bonchev–Trinajstić information content (AvgIpc) is 3.85. The first-order valence-electron chi connectivity index (χ1n) is 21.6. The fourth-order valence-corrected chi connectivity index (χ4v) is 13.0. The fourth-order valence-electron chi connectivity index (χ4n) is 13.0. The van der Waals surface area contributed by atoms with Crippen molar-refractivity contribution >= 4 is 39.0 Å². The van der Waals surface area contributed by atoms with Crippen LogP contribution >= 0.6 is 0 Å². The SMILES string of the molecule is C[C@H]1C[C@@H]2C[C@H](C1)C1(c3ccccc3-c3c(N(c4cccc(-c5cccc6c5oc5ccccc56)c4)c4ccc5c(c4)C(C)(C)c4ccccc4-5)cccc31)[C@H](C)C2. The maximum atomic E-state index is 6.61. The van der Waals surface area contributed by atoms with Gasteiger partial charge in [0.05, 0.1) is 5.69 Å². The van der Waals surface area contributed by atoms with Gasteiger partial charge in [-0.3, -0.25) is 0 Å². The van der Waals surface area contributed by atoms with E-state index in [1.54, 1.807) is 11.1 Å². The average molecular weight is 752 g/mol. The molecule has 1 unspecified atom stereocenters. The lowest BCUT2D eigenvalue weighted by atomic mass is 9.49. The van der Waals surface area contributed by atoms with Gasteiger partial charge in [0.2, 0.25) is 0 Å². The maximum absolute atomic E-state index is 6.61. The Morgan fingerprint density at radius 3 is 2.12 bits per heavy atom. The molecule has 0 N–H and O–H groups in total. The molecular weight excluding hydrogens is 703 g/mol. The van der Waals surface area contributed by atoms with E-state index in [4.69, 9.17) is 4.42 Å². The smallest absolute Gasteiger partial charge is 0.143 e. The van der Waals surface area contributed by atoms with Crippen molar-refractivity contribution in [2.45, 2.75) is 64.2 Å². The Balaban J connectivity index is 1.10. The van der Waals surface area contributed by atoms with Gasteiger partial charge in [-0.05, 0) is 130 Å². The summed E-state index contributed by atoms with van der Waals surface area (Å²) in [5.74, 6) is 2.81. The number of fused-ring (bicyclic) bond motifs is 14. The van der Waals surface area contributed by atoms with Gasteiger partial charge in [0.1, 0.15) is 11.2 Å². The van der Waals surface area contributed by atoms with Crippen molar-refractivity contribution in [2.75, 3.05) is 4.90 Å². The molecule has 0 radical (unpaired) electrons. The van der Waals surface area contributed by atoms with Crippen LogP contribution in [-0.2, 0) is 10.8 Å². The third-order valence-electron chi connectivity index (χ3n) is 15.2. The van der Waals surface area contributed by atoms with Crippen molar-refractivity contribution in [2.24, 2.45) is 23.7 Å². The number of hydrogen-bond acceptors (Lipinski definition) is 2. The monoisotopic (exact) mass is 751 g/mol. The van der Waals surface area contributed by atoms with E-state index in [9.17, 15) is 0 Å². The van der Waals surface area contributed by atoms with Crippen molar-refractivity contribution in [3.63, 3.8) is 0 Å². The molecule has 4 aliphatic carbocycles. The Bertz CT molecular complexity index is 2960. The molecule has 2 bridgehead atoms. The van der Waals surface area contributed by atoms with Crippen molar-refractivity contribution in [1.29, 1.82) is 0 Å². The largest absolute Gasteiger partial charge is 0.455 e. The Kier molecular flexibility index (Phi) is 7.27. The van der Waals surface area contributed by atoms with Gasteiger partial charge in [0.15, 0.2) is 0 Å². The molecule has 1 spiro atoms. The fraction of sp³-hybridized carbons (Fsp3) is 0.250. The van der Waals surface area contributed by atoms with Gasteiger partial charge < -0.3 is 9.32 Å². The second kappa shape index (κ2) is 12.3. The van der Waals surface area contributed by atoms with Gasteiger partial charge in [-0.15, -0.1) is 0 Å². The minimum Gasteiger partial charge on any atom is -0.455 e. The van der Waals surface area contributed by atoms with E-state index >= 15 is 0 Å². The van der Waals surface area contributed by atoms with Gasteiger partial charge in [-0.1, -0.05) is 143 Å². The Hall–Kier alpha value is -5.86. The zero-order valence-corrected chi connectivity index (χ0v) is 33.9. The summed E-state index contributed by atoms with van der Waals surface area (Å²) in [4.78, 5) is 2.58. The predicted octanol–water partition coefficient (Wildman–Crippen LogP) is 15.4. The standard InChI is InChI=1S/C56H49NO/c1-34-28-36-30-35(2)56(38(29-34)31-36)48-22-9-6-18-46(48)53-49(56)23-13-24-51(53)57(40-26-27-43-42-16-5-8-21-47(42)55(3,4)50(43)33-40)39-15-11-14-37(32-39)41-19-12-20-45-44-17-7-10-25-52(44)58-54(41)45/h5-27,32-36,38H,28-31H2,1-4H3/t34-,35+,36-,38-,56?/m0/s1. The van der Waals surface area contributed by atoms with Gasteiger partial charge in [-0.2, -0.15) is 0 Å². The second-order valence-corrected chi connectivity index (χ2v) is 18.7.